The van der Waals surface area contributed by atoms with Crippen LogP contribution in [0.5, 0.6) is 0 Å². The molecule has 23 heavy (non-hydrogen) atoms. The number of carbonyl (C=O) groups is 1. The third-order valence-corrected chi connectivity index (χ3v) is 4.92. The smallest absolute Gasteiger partial charge is 0.317 e. The van der Waals surface area contributed by atoms with Gasteiger partial charge < -0.3 is 14.6 Å². The Morgan fingerprint density at radius 1 is 1.35 bits per heavy atom. The summed E-state index contributed by atoms with van der Waals surface area (Å²) in [4.78, 5) is 18.7. The molecule has 2 aromatic heterocycles. The van der Waals surface area contributed by atoms with Crippen molar-refractivity contribution >= 4 is 11.7 Å². The highest BCUT2D eigenvalue weighted by Gasteiger charge is 2.24. The van der Waals surface area contributed by atoms with E-state index in [0.717, 1.165) is 36.5 Å². The van der Waals surface area contributed by atoms with Crippen molar-refractivity contribution in [3.05, 3.63) is 36.3 Å². The molecule has 0 spiro atoms. The number of rotatable bonds is 4. The van der Waals surface area contributed by atoms with Crippen molar-refractivity contribution in [2.45, 2.75) is 45.1 Å². The Hall–Kier alpha value is -2.04. The fourth-order valence-electron chi connectivity index (χ4n) is 3.33. The standard InChI is InChI=1S/C18H26N4O/c1-14-6-8-16(9-7-14)21(2)18(23)19-11-10-15-13-22-12-4-3-5-17(22)20-15/h3-5,12-14,16H,6-11H2,1-2H3,(H,19,23). The van der Waals surface area contributed by atoms with Crippen molar-refractivity contribution in [1.82, 2.24) is 19.6 Å². The van der Waals surface area contributed by atoms with Gasteiger partial charge >= 0.3 is 6.03 Å². The van der Waals surface area contributed by atoms with Crippen molar-refractivity contribution < 1.29 is 4.79 Å². The zero-order valence-electron chi connectivity index (χ0n) is 14.0. The minimum absolute atomic E-state index is 0.0355. The first-order valence-electron chi connectivity index (χ1n) is 8.57. The summed E-state index contributed by atoms with van der Waals surface area (Å²) in [5, 5.41) is 3.02. The van der Waals surface area contributed by atoms with Crippen molar-refractivity contribution in [3.8, 4) is 0 Å². The third-order valence-electron chi connectivity index (χ3n) is 4.92. The molecule has 2 heterocycles. The van der Waals surface area contributed by atoms with E-state index in [4.69, 9.17) is 0 Å². The molecule has 0 aliphatic heterocycles. The minimum Gasteiger partial charge on any atom is -0.338 e. The Bertz CT molecular complexity index is 625. The van der Waals surface area contributed by atoms with Gasteiger partial charge in [0.1, 0.15) is 5.65 Å². The average molecular weight is 314 g/mol. The van der Waals surface area contributed by atoms with E-state index < -0.39 is 0 Å². The highest BCUT2D eigenvalue weighted by Crippen LogP contribution is 2.26. The second kappa shape index (κ2) is 7.02. The number of aromatic nitrogens is 2. The van der Waals surface area contributed by atoms with Crippen LogP contribution in [-0.2, 0) is 6.42 Å². The van der Waals surface area contributed by atoms with Crippen molar-refractivity contribution in [1.29, 1.82) is 0 Å². The summed E-state index contributed by atoms with van der Waals surface area (Å²) in [6.45, 7) is 2.92. The maximum atomic E-state index is 12.3. The van der Waals surface area contributed by atoms with Gasteiger partial charge in [-0.2, -0.15) is 0 Å². The number of hydrogen-bond donors (Lipinski definition) is 1. The number of fused-ring (bicyclic) bond motifs is 1. The molecule has 0 aromatic carbocycles. The van der Waals surface area contributed by atoms with Gasteiger partial charge in [-0.15, -0.1) is 0 Å². The summed E-state index contributed by atoms with van der Waals surface area (Å²) in [5.74, 6) is 0.803. The van der Waals surface area contributed by atoms with E-state index in [1.165, 1.54) is 12.8 Å². The number of hydrogen-bond acceptors (Lipinski definition) is 2. The van der Waals surface area contributed by atoms with Crippen LogP contribution in [0.1, 0.15) is 38.3 Å². The van der Waals surface area contributed by atoms with Crippen LogP contribution in [0, 0.1) is 5.92 Å². The number of imidazole rings is 1. The number of carbonyl (C=O) groups excluding carboxylic acids is 1. The maximum Gasteiger partial charge on any atom is 0.317 e. The molecule has 1 aliphatic rings. The topological polar surface area (TPSA) is 49.6 Å². The molecule has 2 amide bonds. The summed E-state index contributed by atoms with van der Waals surface area (Å²) in [6, 6.07) is 6.38. The molecule has 1 fully saturated rings. The fraction of sp³-hybridized carbons (Fsp3) is 0.556. The summed E-state index contributed by atoms with van der Waals surface area (Å²) in [5.41, 5.74) is 1.95. The molecule has 0 radical (unpaired) electrons. The zero-order valence-corrected chi connectivity index (χ0v) is 14.0. The lowest BCUT2D eigenvalue weighted by atomic mass is 9.87. The number of amides is 2. The number of nitrogens with zero attached hydrogens (tertiary/aromatic N) is 3. The fourth-order valence-corrected chi connectivity index (χ4v) is 3.33. The van der Waals surface area contributed by atoms with E-state index in [-0.39, 0.29) is 6.03 Å². The molecule has 1 saturated carbocycles. The molecule has 5 nitrogen and oxygen atoms in total. The first-order valence-corrected chi connectivity index (χ1v) is 8.57. The Morgan fingerprint density at radius 3 is 2.87 bits per heavy atom. The van der Waals surface area contributed by atoms with Crippen LogP contribution in [0.4, 0.5) is 4.79 Å². The summed E-state index contributed by atoms with van der Waals surface area (Å²) in [7, 11) is 1.92. The van der Waals surface area contributed by atoms with E-state index >= 15 is 0 Å². The first-order chi connectivity index (χ1) is 11.1. The molecular formula is C18H26N4O. The van der Waals surface area contributed by atoms with Crippen LogP contribution in [0.2, 0.25) is 0 Å². The van der Waals surface area contributed by atoms with Crippen LogP contribution in [-0.4, -0.2) is 39.9 Å². The van der Waals surface area contributed by atoms with E-state index in [0.29, 0.717) is 12.6 Å². The van der Waals surface area contributed by atoms with Crippen molar-refractivity contribution in [3.63, 3.8) is 0 Å². The monoisotopic (exact) mass is 314 g/mol. The van der Waals surface area contributed by atoms with Crippen LogP contribution in [0.3, 0.4) is 0 Å². The molecule has 124 valence electrons. The molecule has 3 rings (SSSR count). The molecule has 0 saturated heterocycles. The van der Waals surface area contributed by atoms with Gasteiger partial charge in [0.2, 0.25) is 0 Å². The van der Waals surface area contributed by atoms with Gasteiger partial charge in [0.25, 0.3) is 0 Å². The van der Waals surface area contributed by atoms with Crippen molar-refractivity contribution in [2.75, 3.05) is 13.6 Å². The van der Waals surface area contributed by atoms with Crippen LogP contribution < -0.4 is 5.32 Å². The third kappa shape index (κ3) is 3.84. The first kappa shape index (κ1) is 15.8. The summed E-state index contributed by atoms with van der Waals surface area (Å²) in [6.07, 6.45) is 9.46. The van der Waals surface area contributed by atoms with Gasteiger partial charge in [0.15, 0.2) is 0 Å². The number of nitrogens with one attached hydrogen (secondary N) is 1. The van der Waals surface area contributed by atoms with Crippen LogP contribution in [0.25, 0.3) is 5.65 Å². The van der Waals surface area contributed by atoms with Gasteiger partial charge in [-0.1, -0.05) is 13.0 Å². The van der Waals surface area contributed by atoms with Crippen LogP contribution in [0.15, 0.2) is 30.6 Å². The Labute approximate surface area is 137 Å². The second-order valence-corrected chi connectivity index (χ2v) is 6.70. The molecule has 0 bridgehead atoms. The molecule has 5 heteroatoms. The van der Waals surface area contributed by atoms with Gasteiger partial charge in [-0.3, -0.25) is 0 Å². The lowest BCUT2D eigenvalue weighted by molar-refractivity contribution is 0.164. The van der Waals surface area contributed by atoms with Crippen molar-refractivity contribution in [2.24, 2.45) is 5.92 Å². The Balaban J connectivity index is 1.47. The van der Waals surface area contributed by atoms with Crippen LogP contribution >= 0.6 is 0 Å². The largest absolute Gasteiger partial charge is 0.338 e. The normalized spacial score (nSPS) is 21.3. The second-order valence-electron chi connectivity index (χ2n) is 6.70. The summed E-state index contributed by atoms with van der Waals surface area (Å²) < 4.78 is 2.01. The van der Waals surface area contributed by atoms with E-state index in [2.05, 4.69) is 17.2 Å². The lowest BCUT2D eigenvalue weighted by Crippen LogP contribution is -2.45. The number of urea groups is 1. The molecule has 1 N–H and O–H groups in total. The van der Waals surface area contributed by atoms with E-state index in [1.54, 1.807) is 0 Å². The van der Waals surface area contributed by atoms with E-state index in [9.17, 15) is 4.79 Å². The quantitative estimate of drug-likeness (QED) is 0.943. The minimum atomic E-state index is 0.0355. The highest BCUT2D eigenvalue weighted by molar-refractivity contribution is 5.74. The highest BCUT2D eigenvalue weighted by atomic mass is 16.2. The molecule has 0 unspecified atom stereocenters. The Morgan fingerprint density at radius 2 is 2.13 bits per heavy atom. The van der Waals surface area contributed by atoms with E-state index in [1.807, 2.05) is 46.9 Å². The SMILES string of the molecule is CC1CCC(N(C)C(=O)NCCc2cn3ccccc3n2)CC1. The predicted octanol–water partition coefficient (Wildman–Crippen LogP) is 3.10. The van der Waals surface area contributed by atoms with Gasteiger partial charge in [0, 0.05) is 38.4 Å². The van der Waals surface area contributed by atoms with Gasteiger partial charge in [-0.25, -0.2) is 9.78 Å². The molecular weight excluding hydrogens is 288 g/mol. The molecule has 1 aliphatic carbocycles. The van der Waals surface area contributed by atoms with Gasteiger partial charge in [0.05, 0.1) is 5.69 Å². The lowest BCUT2D eigenvalue weighted by Gasteiger charge is -2.33. The maximum absolute atomic E-state index is 12.3. The molecule has 0 atom stereocenters. The van der Waals surface area contributed by atoms with Gasteiger partial charge in [-0.05, 0) is 43.7 Å². The average Bonchev–Trinajstić information content (AvgIpc) is 2.97. The molecule has 2 aromatic rings. The predicted molar refractivity (Wildman–Crippen MR) is 91.5 cm³/mol. The number of pyridine rings is 1. The zero-order chi connectivity index (χ0) is 16.2. The summed E-state index contributed by atoms with van der Waals surface area (Å²) >= 11 is 0. The Kier molecular flexibility index (Phi) is 4.84.